The Balaban J connectivity index is 3.10. The zero-order valence-electron chi connectivity index (χ0n) is 7.13. The lowest BCUT2D eigenvalue weighted by atomic mass is 10.1. The second-order valence-electron chi connectivity index (χ2n) is 2.51. The van der Waals surface area contributed by atoms with Crippen LogP contribution in [0.5, 0.6) is 5.75 Å². The van der Waals surface area contributed by atoms with E-state index in [0.29, 0.717) is 5.56 Å². The number of ether oxygens (including phenoxy) is 1. The van der Waals surface area contributed by atoms with Crippen LogP contribution in [-0.2, 0) is 0 Å². The van der Waals surface area contributed by atoms with E-state index in [1.54, 1.807) is 32.2 Å². The second-order valence-corrected chi connectivity index (χ2v) is 3.13. The van der Waals surface area contributed by atoms with Crippen LogP contribution in [0, 0.1) is 0 Å². The molecule has 0 aromatic heterocycles. The molecule has 0 bridgehead atoms. The monoisotopic (exact) mass is 182 g/mol. The molecule has 1 rings (SSSR count). The predicted octanol–water partition coefficient (Wildman–Crippen LogP) is 1.40. The van der Waals surface area contributed by atoms with Gasteiger partial charge in [-0.1, -0.05) is 0 Å². The van der Waals surface area contributed by atoms with E-state index in [2.05, 4.69) is 9.24 Å². The number of hydrogen-bond acceptors (Lipinski definition) is 2. The lowest BCUT2D eigenvalue weighted by Crippen LogP contribution is -2.02. The Labute approximate surface area is 74.1 Å². The molecule has 0 spiro atoms. The van der Waals surface area contributed by atoms with Crippen LogP contribution in [0.1, 0.15) is 17.3 Å². The highest BCUT2D eigenvalue weighted by atomic mass is 31.0. The van der Waals surface area contributed by atoms with Gasteiger partial charge in [0.15, 0.2) is 5.78 Å². The highest BCUT2D eigenvalue weighted by Crippen LogP contribution is 2.12. The molecule has 0 heterocycles. The lowest BCUT2D eigenvalue weighted by molar-refractivity contribution is 0.101. The van der Waals surface area contributed by atoms with Crippen molar-refractivity contribution in [3.8, 4) is 5.75 Å². The van der Waals surface area contributed by atoms with Gasteiger partial charge in [0, 0.05) is 10.9 Å². The van der Waals surface area contributed by atoms with Gasteiger partial charge in [-0.15, -0.1) is 9.24 Å². The number of rotatable bonds is 2. The molecule has 3 heteroatoms. The van der Waals surface area contributed by atoms with Crippen molar-refractivity contribution in [3.05, 3.63) is 23.8 Å². The first-order valence-corrected chi connectivity index (χ1v) is 4.17. The summed E-state index contributed by atoms with van der Waals surface area (Å²) in [5.41, 5.74) is 0.709. The summed E-state index contributed by atoms with van der Waals surface area (Å²) in [7, 11) is 4.14. The van der Waals surface area contributed by atoms with Gasteiger partial charge in [0.1, 0.15) is 5.75 Å². The molecule has 12 heavy (non-hydrogen) atoms. The van der Waals surface area contributed by atoms with Crippen molar-refractivity contribution in [2.45, 2.75) is 6.92 Å². The summed E-state index contributed by atoms with van der Waals surface area (Å²) >= 11 is 0. The molecule has 1 aromatic rings. The Morgan fingerprint density at radius 3 is 2.58 bits per heavy atom. The standard InChI is InChI=1S/C9H11O2P/c1-6(10)7-3-4-8(11-2)9(12)5-7/h3-5H,12H2,1-2H3. The fraction of sp³-hybridized carbons (Fsp3) is 0.222. The molecule has 0 fully saturated rings. The van der Waals surface area contributed by atoms with Crippen LogP contribution in [0.4, 0.5) is 0 Å². The summed E-state index contributed by atoms with van der Waals surface area (Å²) in [5.74, 6) is 0.853. The third-order valence-electron chi connectivity index (χ3n) is 1.64. The van der Waals surface area contributed by atoms with E-state index in [9.17, 15) is 4.79 Å². The molecule has 0 radical (unpaired) electrons. The summed E-state index contributed by atoms with van der Waals surface area (Å²) < 4.78 is 5.05. The van der Waals surface area contributed by atoms with Gasteiger partial charge in [-0.2, -0.15) is 0 Å². The van der Waals surface area contributed by atoms with Gasteiger partial charge < -0.3 is 4.74 Å². The van der Waals surface area contributed by atoms with Gasteiger partial charge in [-0.05, 0) is 25.1 Å². The quantitative estimate of drug-likeness (QED) is 0.510. The molecule has 0 aliphatic rings. The number of carbonyl (C=O) groups is 1. The van der Waals surface area contributed by atoms with Crippen LogP contribution in [0.25, 0.3) is 0 Å². The average Bonchev–Trinajstić information content (AvgIpc) is 2.04. The molecule has 1 unspecified atom stereocenters. The number of benzene rings is 1. The Kier molecular flexibility index (Phi) is 2.83. The van der Waals surface area contributed by atoms with Crippen LogP contribution in [0.15, 0.2) is 18.2 Å². The summed E-state index contributed by atoms with van der Waals surface area (Å²) in [6.45, 7) is 1.55. The van der Waals surface area contributed by atoms with Crippen molar-refractivity contribution in [2.75, 3.05) is 7.11 Å². The Morgan fingerprint density at radius 1 is 1.50 bits per heavy atom. The Morgan fingerprint density at radius 2 is 2.17 bits per heavy atom. The van der Waals surface area contributed by atoms with Crippen molar-refractivity contribution >= 4 is 20.3 Å². The van der Waals surface area contributed by atoms with E-state index in [1.807, 2.05) is 0 Å². The van der Waals surface area contributed by atoms with Crippen LogP contribution >= 0.6 is 9.24 Å². The van der Waals surface area contributed by atoms with Gasteiger partial charge in [0.25, 0.3) is 0 Å². The molecular formula is C9H11O2P. The predicted molar refractivity (Wildman–Crippen MR) is 52.3 cm³/mol. The number of methoxy groups -OCH3 is 1. The van der Waals surface area contributed by atoms with Crippen LogP contribution < -0.4 is 10.0 Å². The molecule has 1 aromatic carbocycles. The molecule has 0 saturated heterocycles. The van der Waals surface area contributed by atoms with E-state index in [-0.39, 0.29) is 5.78 Å². The average molecular weight is 182 g/mol. The van der Waals surface area contributed by atoms with E-state index < -0.39 is 0 Å². The topological polar surface area (TPSA) is 26.3 Å². The molecule has 1 atom stereocenters. The molecular weight excluding hydrogens is 171 g/mol. The van der Waals surface area contributed by atoms with Gasteiger partial charge in [0.05, 0.1) is 7.11 Å². The fourth-order valence-corrected chi connectivity index (χ4v) is 1.35. The number of ketones is 1. The summed E-state index contributed by atoms with van der Waals surface area (Å²) in [4.78, 5) is 10.9. The number of Topliss-reactive ketones (excluding diaryl/α,β-unsaturated/α-hetero) is 1. The van der Waals surface area contributed by atoms with E-state index in [0.717, 1.165) is 11.1 Å². The van der Waals surface area contributed by atoms with Gasteiger partial charge in [0.2, 0.25) is 0 Å². The molecule has 0 aliphatic carbocycles. The van der Waals surface area contributed by atoms with Gasteiger partial charge >= 0.3 is 0 Å². The highest BCUT2D eigenvalue weighted by molar-refractivity contribution is 7.27. The third-order valence-corrected chi connectivity index (χ3v) is 2.09. The van der Waals surface area contributed by atoms with Crippen LogP contribution in [0.2, 0.25) is 0 Å². The largest absolute Gasteiger partial charge is 0.496 e. The minimum Gasteiger partial charge on any atom is -0.496 e. The fourth-order valence-electron chi connectivity index (χ4n) is 0.953. The van der Waals surface area contributed by atoms with Crippen molar-refractivity contribution in [3.63, 3.8) is 0 Å². The first-order valence-electron chi connectivity index (χ1n) is 3.59. The maximum Gasteiger partial charge on any atom is 0.159 e. The van der Waals surface area contributed by atoms with Gasteiger partial charge in [-0.25, -0.2) is 0 Å². The first kappa shape index (κ1) is 9.21. The molecule has 0 saturated carbocycles. The first-order chi connectivity index (χ1) is 5.65. The Bertz CT molecular complexity index is 307. The minimum atomic E-state index is 0.0707. The summed E-state index contributed by atoms with van der Waals surface area (Å²) in [6, 6.07) is 5.35. The molecule has 2 nitrogen and oxygen atoms in total. The molecule has 0 amide bonds. The smallest absolute Gasteiger partial charge is 0.159 e. The van der Waals surface area contributed by atoms with Crippen LogP contribution in [0.3, 0.4) is 0 Å². The zero-order chi connectivity index (χ0) is 9.14. The normalized spacial score (nSPS) is 9.58. The number of hydrogen-bond donors (Lipinski definition) is 0. The SMILES string of the molecule is COc1ccc(C(C)=O)cc1P. The van der Waals surface area contributed by atoms with Crippen molar-refractivity contribution < 1.29 is 9.53 Å². The minimum absolute atomic E-state index is 0.0707. The van der Waals surface area contributed by atoms with E-state index >= 15 is 0 Å². The van der Waals surface area contributed by atoms with E-state index in [4.69, 9.17) is 4.74 Å². The number of carbonyl (C=O) groups excluding carboxylic acids is 1. The van der Waals surface area contributed by atoms with Crippen LogP contribution in [-0.4, -0.2) is 12.9 Å². The van der Waals surface area contributed by atoms with Crippen molar-refractivity contribution in [1.29, 1.82) is 0 Å². The maximum atomic E-state index is 10.9. The molecule has 0 aliphatic heterocycles. The molecule has 64 valence electrons. The maximum absolute atomic E-state index is 10.9. The van der Waals surface area contributed by atoms with Crippen molar-refractivity contribution in [1.82, 2.24) is 0 Å². The Hall–Kier alpha value is -0.880. The lowest BCUT2D eigenvalue weighted by Gasteiger charge is -2.04. The van der Waals surface area contributed by atoms with E-state index in [1.165, 1.54) is 0 Å². The third kappa shape index (κ3) is 1.83. The summed E-state index contributed by atoms with van der Waals surface area (Å²) in [6.07, 6.45) is 0. The molecule has 0 N–H and O–H groups in total. The second kappa shape index (κ2) is 3.68. The van der Waals surface area contributed by atoms with Gasteiger partial charge in [-0.3, -0.25) is 4.79 Å². The summed E-state index contributed by atoms with van der Waals surface area (Å²) in [5, 5.41) is 0.908. The van der Waals surface area contributed by atoms with Crippen molar-refractivity contribution in [2.24, 2.45) is 0 Å². The zero-order valence-corrected chi connectivity index (χ0v) is 8.28. The highest BCUT2D eigenvalue weighted by Gasteiger charge is 2.02.